The monoisotopic (exact) mass is 640 g/mol. The molecule has 1 amide bonds. The number of Topliss-reactive ketones (excluding diaryl/α,β-unsaturated/α-hetero) is 1. The number of allylic oxidation sites excluding steroid dienone is 3. The third-order valence-electron chi connectivity index (χ3n) is 6.93. The van der Waals surface area contributed by atoms with Gasteiger partial charge in [-0.2, -0.15) is 5.26 Å². The molecular weight excluding hydrogens is 615 g/mol. The molecular formula is C29H26Cl2N6O3S2. The van der Waals surface area contributed by atoms with E-state index in [4.69, 9.17) is 33.7 Å². The molecule has 2 aliphatic rings. The molecule has 42 heavy (non-hydrogen) atoms. The van der Waals surface area contributed by atoms with Crippen molar-refractivity contribution in [2.24, 2.45) is 11.1 Å². The molecule has 1 atom stereocenters. The first-order valence-corrected chi connectivity index (χ1v) is 15.4. The van der Waals surface area contributed by atoms with Crippen molar-refractivity contribution in [2.75, 3.05) is 23.1 Å². The zero-order chi connectivity index (χ0) is 30.2. The van der Waals surface area contributed by atoms with Crippen LogP contribution in [0.3, 0.4) is 0 Å². The topological polar surface area (TPSA) is 134 Å². The van der Waals surface area contributed by atoms with Gasteiger partial charge in [-0.3, -0.25) is 14.5 Å². The van der Waals surface area contributed by atoms with Crippen LogP contribution < -0.4 is 20.7 Å². The van der Waals surface area contributed by atoms with Crippen molar-refractivity contribution < 1.29 is 14.3 Å². The average molecular weight is 642 g/mol. The first-order chi connectivity index (χ1) is 20.0. The Morgan fingerprint density at radius 2 is 2.02 bits per heavy atom. The summed E-state index contributed by atoms with van der Waals surface area (Å²) in [6, 6.07) is 14.4. The predicted octanol–water partition coefficient (Wildman–Crippen LogP) is 6.53. The van der Waals surface area contributed by atoms with Gasteiger partial charge in [0.15, 0.2) is 10.1 Å². The van der Waals surface area contributed by atoms with E-state index in [-0.39, 0.29) is 34.3 Å². The van der Waals surface area contributed by atoms with Gasteiger partial charge in [0.05, 0.1) is 40.5 Å². The van der Waals surface area contributed by atoms with Gasteiger partial charge in [-0.1, -0.05) is 72.3 Å². The highest BCUT2D eigenvalue weighted by atomic mass is 35.5. The van der Waals surface area contributed by atoms with Crippen LogP contribution in [0.25, 0.3) is 0 Å². The van der Waals surface area contributed by atoms with E-state index in [2.05, 4.69) is 21.6 Å². The molecule has 216 valence electrons. The lowest BCUT2D eigenvalue weighted by atomic mass is 9.69. The third kappa shape index (κ3) is 5.99. The van der Waals surface area contributed by atoms with E-state index in [1.807, 2.05) is 13.8 Å². The number of rotatable bonds is 7. The number of aromatic nitrogens is 2. The van der Waals surface area contributed by atoms with Gasteiger partial charge >= 0.3 is 0 Å². The minimum absolute atomic E-state index is 0.0732. The van der Waals surface area contributed by atoms with Crippen LogP contribution in [-0.2, 0) is 9.59 Å². The number of nitrogens with two attached hydrogens (primary N) is 1. The number of hydrogen-bond donors (Lipinski definition) is 2. The number of carbonyl (C=O) groups excluding carboxylic acids is 2. The van der Waals surface area contributed by atoms with Gasteiger partial charge < -0.3 is 15.8 Å². The molecule has 0 spiro atoms. The molecule has 0 saturated carbocycles. The summed E-state index contributed by atoms with van der Waals surface area (Å²) < 4.78 is 5.74. The molecule has 3 N–H and O–H groups in total. The zero-order valence-electron chi connectivity index (χ0n) is 22.9. The molecule has 0 saturated heterocycles. The molecule has 0 bridgehead atoms. The largest absolute Gasteiger partial charge is 0.497 e. The highest BCUT2D eigenvalue weighted by molar-refractivity contribution is 8.01. The molecule has 1 aromatic heterocycles. The van der Waals surface area contributed by atoms with E-state index in [0.29, 0.717) is 60.6 Å². The Hall–Kier alpha value is -3.56. The quantitative estimate of drug-likeness (QED) is 0.276. The zero-order valence-corrected chi connectivity index (χ0v) is 26.0. The number of nitrogens with zero attached hydrogens (tertiary/aromatic N) is 4. The molecule has 2 aromatic carbocycles. The van der Waals surface area contributed by atoms with Gasteiger partial charge in [-0.05, 0) is 41.7 Å². The molecule has 2 heterocycles. The van der Waals surface area contributed by atoms with Crippen LogP contribution in [0.5, 0.6) is 5.75 Å². The van der Waals surface area contributed by atoms with Crippen LogP contribution in [0.2, 0.25) is 10.0 Å². The fourth-order valence-corrected chi connectivity index (χ4v) is 7.12. The number of benzene rings is 2. The maximum atomic E-state index is 13.7. The van der Waals surface area contributed by atoms with Crippen molar-refractivity contribution in [3.8, 4) is 11.8 Å². The second-order valence-electron chi connectivity index (χ2n) is 10.6. The van der Waals surface area contributed by atoms with Crippen LogP contribution in [0.1, 0.15) is 38.2 Å². The first kappa shape index (κ1) is 29.9. The van der Waals surface area contributed by atoms with Crippen LogP contribution in [0.15, 0.2) is 69.5 Å². The number of halogens is 2. The minimum Gasteiger partial charge on any atom is -0.497 e. The first-order valence-electron chi connectivity index (χ1n) is 12.8. The highest BCUT2D eigenvalue weighted by Crippen LogP contribution is 2.51. The Kier molecular flexibility index (Phi) is 8.53. The third-order valence-corrected chi connectivity index (χ3v) is 9.71. The summed E-state index contributed by atoms with van der Waals surface area (Å²) in [4.78, 5) is 27.9. The number of nitrogens with one attached hydrogen (secondary N) is 1. The highest BCUT2D eigenvalue weighted by Gasteiger charge is 2.45. The second-order valence-corrected chi connectivity index (χ2v) is 13.6. The Labute approximate surface area is 261 Å². The van der Waals surface area contributed by atoms with Crippen LogP contribution >= 0.6 is 46.3 Å². The standard InChI is InChI=1S/C29H26Cl2N6O3S2/c1-29(2)11-21-25(22(38)12-29)24(15-7-8-19(30)20(31)9-15)18(13-32)26(33)37(21)27-35-36-28(42-27)41-14-23(39)34-16-5-4-6-17(10-16)40-3/h4-10,24H,11-12,14,33H2,1-3H3,(H,34,39). The van der Waals surface area contributed by atoms with Gasteiger partial charge in [-0.15, -0.1) is 10.2 Å². The lowest BCUT2D eigenvalue weighted by molar-refractivity contribution is -0.118. The number of anilines is 2. The van der Waals surface area contributed by atoms with Crippen molar-refractivity contribution in [1.29, 1.82) is 5.26 Å². The maximum absolute atomic E-state index is 13.7. The van der Waals surface area contributed by atoms with Gasteiger partial charge in [0.25, 0.3) is 0 Å². The summed E-state index contributed by atoms with van der Waals surface area (Å²) in [5, 5.41) is 22.8. The molecule has 0 fully saturated rings. The van der Waals surface area contributed by atoms with Crippen molar-refractivity contribution in [2.45, 2.75) is 36.9 Å². The summed E-state index contributed by atoms with van der Waals surface area (Å²) in [5.41, 5.74) is 8.98. The molecule has 13 heteroatoms. The van der Waals surface area contributed by atoms with E-state index >= 15 is 0 Å². The molecule has 0 radical (unpaired) electrons. The number of methoxy groups -OCH3 is 1. The summed E-state index contributed by atoms with van der Waals surface area (Å²) in [6.07, 6.45) is 0.839. The normalized spacial score (nSPS) is 18.0. The van der Waals surface area contributed by atoms with Crippen molar-refractivity contribution in [1.82, 2.24) is 10.2 Å². The van der Waals surface area contributed by atoms with Crippen LogP contribution in [0, 0.1) is 16.7 Å². The number of nitriles is 1. The van der Waals surface area contributed by atoms with E-state index in [1.54, 1.807) is 54.5 Å². The summed E-state index contributed by atoms with van der Waals surface area (Å²) in [5.74, 6) is -0.0841. The Balaban J connectivity index is 1.46. The predicted molar refractivity (Wildman–Crippen MR) is 166 cm³/mol. The van der Waals surface area contributed by atoms with Gasteiger partial charge in [0.1, 0.15) is 11.6 Å². The fourth-order valence-electron chi connectivity index (χ4n) is 5.13. The van der Waals surface area contributed by atoms with Crippen LogP contribution in [-0.4, -0.2) is 34.8 Å². The molecule has 9 nitrogen and oxygen atoms in total. The Morgan fingerprint density at radius 1 is 1.24 bits per heavy atom. The SMILES string of the molecule is COc1cccc(NC(=O)CSc2nnc(N3C(N)=C(C#N)C(c4ccc(Cl)c(Cl)c4)C4=C3CC(C)(C)CC4=O)s2)c1. The van der Waals surface area contributed by atoms with E-state index in [1.165, 1.54) is 23.1 Å². The summed E-state index contributed by atoms with van der Waals surface area (Å²) in [6.45, 7) is 4.03. The van der Waals surface area contributed by atoms with Crippen LogP contribution in [0.4, 0.5) is 10.8 Å². The lowest BCUT2D eigenvalue weighted by Crippen LogP contribution is -2.42. The van der Waals surface area contributed by atoms with E-state index in [9.17, 15) is 14.9 Å². The number of amides is 1. The van der Waals surface area contributed by atoms with Crippen molar-refractivity contribution in [3.63, 3.8) is 0 Å². The lowest BCUT2D eigenvalue weighted by Gasteiger charge is -2.42. The molecule has 1 aliphatic carbocycles. The van der Waals surface area contributed by atoms with Gasteiger partial charge in [0, 0.05) is 29.4 Å². The minimum atomic E-state index is -0.693. The number of hydrogen-bond acceptors (Lipinski definition) is 10. The van der Waals surface area contributed by atoms with E-state index < -0.39 is 5.92 Å². The molecule has 3 aromatic rings. The molecule has 1 unspecified atom stereocenters. The van der Waals surface area contributed by atoms with Crippen molar-refractivity contribution in [3.05, 3.63) is 80.7 Å². The van der Waals surface area contributed by atoms with Gasteiger partial charge in [-0.25, -0.2) is 0 Å². The molecule has 1 aliphatic heterocycles. The number of thioether (sulfide) groups is 1. The fraction of sp³-hybridized carbons (Fsp3) is 0.276. The molecule has 5 rings (SSSR count). The summed E-state index contributed by atoms with van der Waals surface area (Å²) >= 11 is 14.9. The maximum Gasteiger partial charge on any atom is 0.234 e. The Bertz CT molecular complexity index is 1690. The number of ether oxygens (including phenoxy) is 1. The smallest absolute Gasteiger partial charge is 0.234 e. The van der Waals surface area contributed by atoms with E-state index in [0.717, 1.165) is 0 Å². The van der Waals surface area contributed by atoms with Gasteiger partial charge in [0.2, 0.25) is 11.0 Å². The average Bonchev–Trinajstić information content (AvgIpc) is 3.40. The second kappa shape index (κ2) is 12.0. The summed E-state index contributed by atoms with van der Waals surface area (Å²) in [7, 11) is 1.56. The number of ketones is 1. The van der Waals surface area contributed by atoms with Crippen molar-refractivity contribution >= 4 is 68.8 Å². The Morgan fingerprint density at radius 3 is 2.74 bits per heavy atom. The number of carbonyl (C=O) groups is 2.